The molecule has 0 radical (unpaired) electrons. The molecule has 0 amide bonds. The van der Waals surface area contributed by atoms with Crippen molar-refractivity contribution in [1.29, 1.82) is 0 Å². The summed E-state index contributed by atoms with van der Waals surface area (Å²) in [6.45, 7) is 5.18. The number of hydrogen-bond donors (Lipinski definition) is 1. The third-order valence-corrected chi connectivity index (χ3v) is 2.73. The molecule has 1 nitrogen and oxygen atoms in total. The minimum atomic E-state index is -0.641. The quantitative estimate of drug-likeness (QED) is 0.716. The number of rotatable bonds is 3. The van der Waals surface area contributed by atoms with Gasteiger partial charge in [0.1, 0.15) is 6.17 Å². The average molecular weight is 187 g/mol. The summed E-state index contributed by atoms with van der Waals surface area (Å²) < 4.78 is 13.7. The molecular weight excluding hydrogens is 165 g/mol. The highest BCUT2D eigenvalue weighted by atomic mass is 19.1. The zero-order valence-electron chi connectivity index (χ0n) is 8.85. The molecule has 1 heterocycles. The minimum absolute atomic E-state index is 0.130. The highest BCUT2D eigenvalue weighted by Crippen LogP contribution is 2.18. The van der Waals surface area contributed by atoms with Crippen LogP contribution < -0.4 is 5.32 Å². The maximum absolute atomic E-state index is 13.7. The van der Waals surface area contributed by atoms with Crippen LogP contribution in [0.5, 0.6) is 0 Å². The SMILES string of the molecule is CC(C)CC(F)C1CCCCCN1. The first kappa shape index (κ1) is 11.0. The zero-order chi connectivity index (χ0) is 9.68. The van der Waals surface area contributed by atoms with Crippen LogP contribution in [0.25, 0.3) is 0 Å². The van der Waals surface area contributed by atoms with Gasteiger partial charge < -0.3 is 5.32 Å². The third-order valence-electron chi connectivity index (χ3n) is 2.73. The monoisotopic (exact) mass is 187 g/mol. The van der Waals surface area contributed by atoms with Gasteiger partial charge in [-0.05, 0) is 31.7 Å². The Morgan fingerprint density at radius 2 is 2.08 bits per heavy atom. The Kier molecular flexibility index (Phi) is 4.71. The van der Waals surface area contributed by atoms with E-state index in [0.29, 0.717) is 12.3 Å². The van der Waals surface area contributed by atoms with Crippen molar-refractivity contribution in [3.8, 4) is 0 Å². The Bertz CT molecular complexity index is 128. The summed E-state index contributed by atoms with van der Waals surface area (Å²) in [5.41, 5.74) is 0. The second-order valence-electron chi connectivity index (χ2n) is 4.56. The number of alkyl halides is 1. The van der Waals surface area contributed by atoms with Crippen molar-refractivity contribution in [2.75, 3.05) is 6.54 Å². The second-order valence-corrected chi connectivity index (χ2v) is 4.56. The molecule has 2 atom stereocenters. The van der Waals surface area contributed by atoms with Gasteiger partial charge in [-0.1, -0.05) is 26.7 Å². The topological polar surface area (TPSA) is 12.0 Å². The van der Waals surface area contributed by atoms with Crippen LogP contribution in [0.15, 0.2) is 0 Å². The van der Waals surface area contributed by atoms with Gasteiger partial charge in [0.2, 0.25) is 0 Å². The summed E-state index contributed by atoms with van der Waals surface area (Å²) >= 11 is 0. The molecule has 78 valence electrons. The van der Waals surface area contributed by atoms with Crippen molar-refractivity contribution in [2.24, 2.45) is 5.92 Å². The van der Waals surface area contributed by atoms with Gasteiger partial charge in [0.25, 0.3) is 0 Å². The fourth-order valence-electron chi connectivity index (χ4n) is 1.98. The largest absolute Gasteiger partial charge is 0.311 e. The summed E-state index contributed by atoms with van der Waals surface area (Å²) in [6, 6.07) is 0.130. The van der Waals surface area contributed by atoms with E-state index in [1.165, 1.54) is 19.3 Å². The van der Waals surface area contributed by atoms with Crippen LogP contribution in [0.1, 0.15) is 46.0 Å². The lowest BCUT2D eigenvalue weighted by atomic mass is 9.98. The lowest BCUT2D eigenvalue weighted by Gasteiger charge is -2.21. The molecule has 1 rings (SSSR count). The third kappa shape index (κ3) is 4.08. The molecule has 2 heteroatoms. The number of halogens is 1. The first-order valence-corrected chi connectivity index (χ1v) is 5.57. The fourth-order valence-corrected chi connectivity index (χ4v) is 1.98. The Morgan fingerprint density at radius 3 is 2.77 bits per heavy atom. The van der Waals surface area contributed by atoms with Crippen LogP contribution >= 0.6 is 0 Å². The van der Waals surface area contributed by atoms with Crippen LogP contribution in [0.2, 0.25) is 0 Å². The van der Waals surface area contributed by atoms with Crippen molar-refractivity contribution in [3.05, 3.63) is 0 Å². The molecule has 0 aromatic heterocycles. The predicted octanol–water partition coefficient (Wildman–Crippen LogP) is 2.90. The van der Waals surface area contributed by atoms with E-state index in [1.54, 1.807) is 0 Å². The summed E-state index contributed by atoms with van der Waals surface area (Å²) in [6.07, 6.45) is 4.75. The highest BCUT2D eigenvalue weighted by Gasteiger charge is 2.22. The van der Waals surface area contributed by atoms with Gasteiger partial charge in [-0.3, -0.25) is 0 Å². The first-order valence-electron chi connectivity index (χ1n) is 5.57. The molecule has 1 aliphatic heterocycles. The van der Waals surface area contributed by atoms with Gasteiger partial charge in [0.05, 0.1) is 0 Å². The molecule has 1 aliphatic rings. The van der Waals surface area contributed by atoms with Crippen molar-refractivity contribution >= 4 is 0 Å². The van der Waals surface area contributed by atoms with E-state index in [4.69, 9.17) is 0 Å². The Labute approximate surface area is 81.1 Å². The van der Waals surface area contributed by atoms with E-state index < -0.39 is 6.17 Å². The maximum Gasteiger partial charge on any atom is 0.116 e. The summed E-state index contributed by atoms with van der Waals surface area (Å²) in [7, 11) is 0. The first-order chi connectivity index (χ1) is 6.20. The second kappa shape index (κ2) is 5.58. The molecule has 2 unspecified atom stereocenters. The van der Waals surface area contributed by atoms with Crippen LogP contribution in [0, 0.1) is 5.92 Å². The van der Waals surface area contributed by atoms with Gasteiger partial charge in [0.15, 0.2) is 0 Å². The molecule has 0 aromatic rings. The molecule has 0 spiro atoms. The Morgan fingerprint density at radius 1 is 1.31 bits per heavy atom. The predicted molar refractivity (Wildman–Crippen MR) is 54.6 cm³/mol. The van der Waals surface area contributed by atoms with Gasteiger partial charge >= 0.3 is 0 Å². The molecule has 0 aromatic carbocycles. The van der Waals surface area contributed by atoms with Crippen LogP contribution in [-0.4, -0.2) is 18.8 Å². The molecule has 0 aliphatic carbocycles. The summed E-state index contributed by atoms with van der Waals surface area (Å²) in [5.74, 6) is 0.472. The fraction of sp³-hybridized carbons (Fsp3) is 1.00. The average Bonchev–Trinajstić information content (AvgIpc) is 2.29. The van der Waals surface area contributed by atoms with Crippen LogP contribution in [0.4, 0.5) is 4.39 Å². The van der Waals surface area contributed by atoms with Crippen molar-refractivity contribution in [1.82, 2.24) is 5.32 Å². The minimum Gasteiger partial charge on any atom is -0.311 e. The normalized spacial score (nSPS) is 27.2. The maximum atomic E-state index is 13.7. The lowest BCUT2D eigenvalue weighted by Crippen LogP contribution is -2.37. The lowest BCUT2D eigenvalue weighted by molar-refractivity contribution is 0.210. The van der Waals surface area contributed by atoms with E-state index in [2.05, 4.69) is 19.2 Å². The zero-order valence-corrected chi connectivity index (χ0v) is 8.85. The molecule has 0 saturated carbocycles. The van der Waals surface area contributed by atoms with Crippen molar-refractivity contribution < 1.29 is 4.39 Å². The molecule has 1 fully saturated rings. The molecule has 0 bridgehead atoms. The van der Waals surface area contributed by atoms with Crippen LogP contribution in [0.3, 0.4) is 0 Å². The van der Waals surface area contributed by atoms with E-state index in [1.807, 2.05) is 0 Å². The van der Waals surface area contributed by atoms with E-state index >= 15 is 0 Å². The van der Waals surface area contributed by atoms with Gasteiger partial charge in [0, 0.05) is 6.04 Å². The highest BCUT2D eigenvalue weighted by molar-refractivity contribution is 4.79. The molecular formula is C11H22FN. The summed E-state index contributed by atoms with van der Waals surface area (Å²) in [5, 5.41) is 3.31. The van der Waals surface area contributed by atoms with Gasteiger partial charge in [-0.15, -0.1) is 0 Å². The Hall–Kier alpha value is -0.110. The van der Waals surface area contributed by atoms with Gasteiger partial charge in [-0.25, -0.2) is 4.39 Å². The van der Waals surface area contributed by atoms with Gasteiger partial charge in [-0.2, -0.15) is 0 Å². The van der Waals surface area contributed by atoms with E-state index in [-0.39, 0.29) is 6.04 Å². The smallest absolute Gasteiger partial charge is 0.116 e. The van der Waals surface area contributed by atoms with Crippen molar-refractivity contribution in [2.45, 2.75) is 58.2 Å². The molecule has 13 heavy (non-hydrogen) atoms. The standard InChI is InChI=1S/C11H22FN/c1-9(2)8-10(12)11-6-4-3-5-7-13-11/h9-11,13H,3-8H2,1-2H3. The van der Waals surface area contributed by atoms with E-state index in [9.17, 15) is 4.39 Å². The molecule has 1 saturated heterocycles. The van der Waals surface area contributed by atoms with Crippen molar-refractivity contribution in [3.63, 3.8) is 0 Å². The number of nitrogens with one attached hydrogen (secondary N) is 1. The Balaban J connectivity index is 2.30. The number of hydrogen-bond acceptors (Lipinski definition) is 1. The molecule has 1 N–H and O–H groups in total. The van der Waals surface area contributed by atoms with E-state index in [0.717, 1.165) is 13.0 Å². The summed E-state index contributed by atoms with van der Waals surface area (Å²) in [4.78, 5) is 0. The van der Waals surface area contributed by atoms with Crippen LogP contribution in [-0.2, 0) is 0 Å².